The summed E-state index contributed by atoms with van der Waals surface area (Å²) in [5, 5.41) is 12.0. The van der Waals surface area contributed by atoms with Crippen molar-refractivity contribution in [3.05, 3.63) is 40.4 Å². The molecule has 9 nitrogen and oxygen atoms in total. The van der Waals surface area contributed by atoms with Crippen molar-refractivity contribution in [3.8, 4) is 6.01 Å². The summed E-state index contributed by atoms with van der Waals surface area (Å²) >= 11 is 7.62. The number of hydrogen-bond acceptors (Lipinski definition) is 9. The van der Waals surface area contributed by atoms with E-state index in [1.54, 1.807) is 13.2 Å². The largest absolute Gasteiger partial charge is 0.461 e. The zero-order valence-electron chi connectivity index (χ0n) is 18.6. The number of thiophene rings is 1. The molecule has 4 aromatic rings. The zero-order chi connectivity index (χ0) is 23.7. The second kappa shape index (κ2) is 9.57. The number of pyridine rings is 1. The number of hydrogen-bond donors (Lipinski definition) is 3. The molecule has 1 atom stereocenters. The first-order valence-corrected chi connectivity index (χ1v) is 12.1. The molecule has 0 bridgehead atoms. The lowest BCUT2D eigenvalue weighted by atomic mass is 10.1. The Balaban J connectivity index is 1.47. The van der Waals surface area contributed by atoms with Gasteiger partial charge in [0.25, 0.3) is 5.91 Å². The summed E-state index contributed by atoms with van der Waals surface area (Å²) in [6.45, 7) is 3.49. The first kappa shape index (κ1) is 22.6. The molecular weight excluding hydrogens is 476 g/mol. The van der Waals surface area contributed by atoms with Crippen LogP contribution >= 0.6 is 22.9 Å². The monoisotopic (exact) mass is 498 g/mol. The lowest BCUT2D eigenvalue weighted by Crippen LogP contribution is -2.36. The van der Waals surface area contributed by atoms with Crippen molar-refractivity contribution in [1.29, 1.82) is 0 Å². The van der Waals surface area contributed by atoms with Gasteiger partial charge in [-0.25, -0.2) is 4.98 Å². The van der Waals surface area contributed by atoms with Crippen molar-refractivity contribution in [2.75, 3.05) is 37.5 Å². The normalized spacial score (nSPS) is 15.5. The van der Waals surface area contributed by atoms with Gasteiger partial charge >= 0.3 is 6.01 Å². The fourth-order valence-corrected chi connectivity index (χ4v) is 5.12. The van der Waals surface area contributed by atoms with E-state index in [2.05, 4.69) is 32.8 Å². The van der Waals surface area contributed by atoms with Crippen LogP contribution in [0.2, 0.25) is 5.15 Å². The van der Waals surface area contributed by atoms with Crippen molar-refractivity contribution >= 4 is 67.2 Å². The molecule has 1 aliphatic rings. The molecule has 5 rings (SSSR count). The van der Waals surface area contributed by atoms with Gasteiger partial charge in [-0.1, -0.05) is 18.5 Å². The molecule has 0 spiro atoms. The summed E-state index contributed by atoms with van der Waals surface area (Å²) in [6.07, 6.45) is 0.870. The van der Waals surface area contributed by atoms with Crippen LogP contribution in [0.3, 0.4) is 0 Å². The van der Waals surface area contributed by atoms with E-state index in [0.29, 0.717) is 36.3 Å². The summed E-state index contributed by atoms with van der Waals surface area (Å²) in [4.78, 5) is 26.6. The fraction of sp³-hybridized carbons (Fsp3) is 0.304. The number of aromatic nitrogens is 3. The maximum absolute atomic E-state index is 12.8. The summed E-state index contributed by atoms with van der Waals surface area (Å²) < 4.78 is 11.5. The highest BCUT2D eigenvalue weighted by Crippen LogP contribution is 2.41. The number of carbonyl (C=O) groups is 1. The Kier molecular flexibility index (Phi) is 6.36. The van der Waals surface area contributed by atoms with E-state index in [4.69, 9.17) is 26.1 Å². The van der Waals surface area contributed by atoms with E-state index in [1.165, 1.54) is 11.3 Å². The summed E-state index contributed by atoms with van der Waals surface area (Å²) in [5.74, 6) is 1.04. The van der Waals surface area contributed by atoms with Crippen molar-refractivity contribution in [3.63, 3.8) is 0 Å². The Hall–Kier alpha value is -3.21. The number of rotatable bonds is 7. The second-order valence-electron chi connectivity index (χ2n) is 7.79. The van der Waals surface area contributed by atoms with Crippen LogP contribution in [0.4, 0.5) is 17.3 Å². The van der Waals surface area contributed by atoms with E-state index in [9.17, 15) is 4.79 Å². The molecule has 0 radical (unpaired) electrons. The van der Waals surface area contributed by atoms with Crippen LogP contribution in [0.5, 0.6) is 6.01 Å². The fourth-order valence-electron chi connectivity index (χ4n) is 3.85. The van der Waals surface area contributed by atoms with Crippen molar-refractivity contribution in [2.24, 2.45) is 0 Å². The number of halogens is 1. The molecule has 0 fully saturated rings. The van der Waals surface area contributed by atoms with Gasteiger partial charge in [0.05, 0.1) is 17.8 Å². The number of ether oxygens (including phenoxy) is 2. The number of benzene rings is 1. The molecule has 176 valence electrons. The van der Waals surface area contributed by atoms with Gasteiger partial charge in [-0.3, -0.25) is 4.79 Å². The molecule has 4 heterocycles. The zero-order valence-corrected chi connectivity index (χ0v) is 20.2. The van der Waals surface area contributed by atoms with Gasteiger partial charge in [-0.05, 0) is 30.7 Å². The number of methoxy groups -OCH3 is 1. The highest BCUT2D eigenvalue weighted by atomic mass is 35.5. The minimum Gasteiger partial charge on any atom is -0.461 e. The molecule has 11 heteroatoms. The number of anilines is 3. The second-order valence-corrected chi connectivity index (χ2v) is 9.23. The van der Waals surface area contributed by atoms with Crippen LogP contribution < -0.4 is 20.7 Å². The average Bonchev–Trinajstić information content (AvgIpc) is 3.13. The highest BCUT2D eigenvalue weighted by Gasteiger charge is 2.25. The average molecular weight is 499 g/mol. The molecule has 3 N–H and O–H groups in total. The Bertz CT molecular complexity index is 1380. The summed E-state index contributed by atoms with van der Waals surface area (Å²) in [7, 11) is 1.59. The molecule has 34 heavy (non-hydrogen) atoms. The number of nitrogens with zero attached hydrogens (tertiary/aromatic N) is 3. The van der Waals surface area contributed by atoms with Gasteiger partial charge < -0.3 is 25.4 Å². The minimum absolute atomic E-state index is 0.0309. The van der Waals surface area contributed by atoms with Crippen LogP contribution in [0.25, 0.3) is 21.0 Å². The quantitative estimate of drug-likeness (QED) is 0.250. The Morgan fingerprint density at radius 3 is 2.88 bits per heavy atom. The van der Waals surface area contributed by atoms with Gasteiger partial charge in [-0.2, -0.15) is 9.97 Å². The van der Waals surface area contributed by atoms with Gasteiger partial charge in [-0.15, -0.1) is 11.3 Å². The van der Waals surface area contributed by atoms with Gasteiger partial charge in [0.2, 0.25) is 0 Å². The topological polar surface area (TPSA) is 110 Å². The van der Waals surface area contributed by atoms with Crippen LogP contribution in [0, 0.1) is 0 Å². The van der Waals surface area contributed by atoms with Crippen molar-refractivity contribution in [1.82, 2.24) is 20.3 Å². The maximum atomic E-state index is 12.8. The highest BCUT2D eigenvalue weighted by molar-refractivity contribution is 7.21. The SMILES string of the molecule is CC[C@@H]1CNc2c(sc3ccc4nc(Nc5cc(Cl)nc(OCCOC)n5)ccc4c23)C(=O)N1. The number of carbonyl (C=O) groups excluding carboxylic acids is 1. The van der Waals surface area contributed by atoms with E-state index < -0.39 is 0 Å². The van der Waals surface area contributed by atoms with E-state index in [0.717, 1.165) is 33.1 Å². The van der Waals surface area contributed by atoms with Crippen molar-refractivity contribution in [2.45, 2.75) is 19.4 Å². The predicted molar refractivity (Wildman–Crippen MR) is 135 cm³/mol. The summed E-state index contributed by atoms with van der Waals surface area (Å²) in [5.41, 5.74) is 1.68. The number of fused-ring (bicyclic) bond motifs is 5. The van der Waals surface area contributed by atoms with Crippen molar-refractivity contribution < 1.29 is 14.3 Å². The first-order chi connectivity index (χ1) is 16.6. The third kappa shape index (κ3) is 4.44. The molecule has 0 unspecified atom stereocenters. The van der Waals surface area contributed by atoms with Crippen LogP contribution in [0.15, 0.2) is 30.3 Å². The molecule has 1 aromatic carbocycles. The lowest BCUT2D eigenvalue weighted by Gasteiger charge is -2.13. The Labute approximate surface area is 204 Å². The van der Waals surface area contributed by atoms with E-state index in [1.807, 2.05) is 24.3 Å². The van der Waals surface area contributed by atoms with Crippen LogP contribution in [-0.4, -0.2) is 53.8 Å². The molecular formula is C23H23ClN6O3S. The predicted octanol–water partition coefficient (Wildman–Crippen LogP) is 4.60. The number of amides is 1. The molecule has 1 amide bonds. The van der Waals surface area contributed by atoms with E-state index in [-0.39, 0.29) is 23.1 Å². The van der Waals surface area contributed by atoms with Gasteiger partial charge in [0.1, 0.15) is 28.3 Å². The first-order valence-electron chi connectivity index (χ1n) is 10.9. The van der Waals surface area contributed by atoms with Gasteiger partial charge in [0.15, 0.2) is 0 Å². The molecule has 3 aromatic heterocycles. The molecule has 0 aliphatic carbocycles. The lowest BCUT2D eigenvalue weighted by molar-refractivity contribution is 0.0945. The standard InChI is InChI=1S/C23H23ClN6O3S/c1-3-12-11-25-20-19-13-4-7-17(27-14(13)5-6-15(19)34-21(20)22(31)26-12)29-18-10-16(24)28-23(30-18)33-9-8-32-2/h4-7,10,12,25H,3,8-9,11H2,1-2H3,(H,26,31)(H,27,28,29,30)/t12-/m1/s1. The Morgan fingerprint density at radius 2 is 2.06 bits per heavy atom. The van der Waals surface area contributed by atoms with Gasteiger partial charge in [0, 0.05) is 41.2 Å². The van der Waals surface area contributed by atoms with Crippen LogP contribution in [0.1, 0.15) is 23.0 Å². The third-order valence-electron chi connectivity index (χ3n) is 5.53. The Morgan fingerprint density at radius 1 is 1.18 bits per heavy atom. The molecule has 0 saturated heterocycles. The van der Waals surface area contributed by atoms with E-state index >= 15 is 0 Å². The number of nitrogens with one attached hydrogen (secondary N) is 3. The maximum Gasteiger partial charge on any atom is 0.319 e. The molecule has 1 aliphatic heterocycles. The third-order valence-corrected chi connectivity index (χ3v) is 6.88. The smallest absolute Gasteiger partial charge is 0.319 e. The summed E-state index contributed by atoms with van der Waals surface area (Å²) in [6, 6.07) is 9.70. The van der Waals surface area contributed by atoms with Crippen LogP contribution in [-0.2, 0) is 4.74 Å². The minimum atomic E-state index is -0.0309. The molecule has 0 saturated carbocycles.